The fourth-order valence-corrected chi connectivity index (χ4v) is 0.493. The third kappa shape index (κ3) is 5.35. The Balaban J connectivity index is 3.49. The van der Waals surface area contributed by atoms with Gasteiger partial charge in [-0.2, -0.15) is 0 Å². The maximum absolute atomic E-state index is 10.6. The summed E-state index contributed by atoms with van der Waals surface area (Å²) in [5, 5.41) is 0. The molecule has 0 spiro atoms. The summed E-state index contributed by atoms with van der Waals surface area (Å²) < 4.78 is 4.50. The highest BCUT2D eigenvalue weighted by molar-refractivity contribution is 5.93. The Labute approximate surface area is 64.6 Å². The standard InChI is InChI=1S/C6H11NO4/c1-3-11-6(9)4-5(8)7-10-2/h3-4H2,1-2H3,(H,7,8). The number of esters is 1. The van der Waals surface area contributed by atoms with Crippen LogP contribution in [0.25, 0.3) is 0 Å². The second-order valence-corrected chi connectivity index (χ2v) is 1.71. The largest absolute Gasteiger partial charge is 0.466 e. The molecule has 0 aromatic heterocycles. The molecule has 5 nitrogen and oxygen atoms in total. The molecular weight excluding hydrogens is 150 g/mol. The number of hydroxylamine groups is 1. The number of rotatable bonds is 4. The summed E-state index contributed by atoms with van der Waals surface area (Å²) in [7, 11) is 1.29. The maximum atomic E-state index is 10.6. The van der Waals surface area contributed by atoms with Crippen molar-refractivity contribution in [1.82, 2.24) is 5.48 Å². The van der Waals surface area contributed by atoms with Crippen molar-refractivity contribution in [2.75, 3.05) is 13.7 Å². The maximum Gasteiger partial charge on any atom is 0.315 e. The second-order valence-electron chi connectivity index (χ2n) is 1.71. The van der Waals surface area contributed by atoms with Crippen LogP contribution in [0.5, 0.6) is 0 Å². The molecule has 0 fully saturated rings. The molecule has 1 amide bonds. The van der Waals surface area contributed by atoms with E-state index >= 15 is 0 Å². The Morgan fingerprint density at radius 2 is 2.09 bits per heavy atom. The molecular formula is C6H11NO4. The fraction of sp³-hybridized carbons (Fsp3) is 0.667. The molecule has 0 unspecified atom stereocenters. The van der Waals surface area contributed by atoms with E-state index in [1.54, 1.807) is 6.92 Å². The van der Waals surface area contributed by atoms with E-state index in [0.29, 0.717) is 0 Å². The van der Waals surface area contributed by atoms with Crippen molar-refractivity contribution in [3.05, 3.63) is 0 Å². The molecule has 0 aliphatic rings. The van der Waals surface area contributed by atoms with Gasteiger partial charge in [-0.25, -0.2) is 5.48 Å². The highest BCUT2D eigenvalue weighted by atomic mass is 16.6. The molecule has 0 saturated carbocycles. The topological polar surface area (TPSA) is 64.6 Å². The van der Waals surface area contributed by atoms with Crippen molar-refractivity contribution in [3.63, 3.8) is 0 Å². The quantitative estimate of drug-likeness (QED) is 0.346. The first kappa shape index (κ1) is 9.90. The molecule has 5 heteroatoms. The van der Waals surface area contributed by atoms with Crippen LogP contribution >= 0.6 is 0 Å². The molecule has 0 aliphatic heterocycles. The predicted molar refractivity (Wildman–Crippen MR) is 36.4 cm³/mol. The van der Waals surface area contributed by atoms with Crippen LogP contribution in [0.2, 0.25) is 0 Å². The number of hydrogen-bond acceptors (Lipinski definition) is 4. The second kappa shape index (κ2) is 5.67. The molecule has 0 rings (SSSR count). The average molecular weight is 161 g/mol. The first-order valence-corrected chi connectivity index (χ1v) is 3.18. The van der Waals surface area contributed by atoms with Crippen LogP contribution in [0.1, 0.15) is 13.3 Å². The zero-order valence-corrected chi connectivity index (χ0v) is 6.55. The molecule has 0 atom stereocenters. The Morgan fingerprint density at radius 1 is 1.45 bits per heavy atom. The van der Waals surface area contributed by atoms with Gasteiger partial charge in [-0.05, 0) is 6.92 Å². The van der Waals surface area contributed by atoms with Gasteiger partial charge in [0.1, 0.15) is 6.42 Å². The Morgan fingerprint density at radius 3 is 2.55 bits per heavy atom. The molecule has 0 aromatic carbocycles. The molecule has 0 aromatic rings. The van der Waals surface area contributed by atoms with Gasteiger partial charge in [0.25, 0.3) is 5.91 Å². The van der Waals surface area contributed by atoms with Crippen LogP contribution in [-0.2, 0) is 19.2 Å². The van der Waals surface area contributed by atoms with Crippen LogP contribution in [-0.4, -0.2) is 25.6 Å². The monoisotopic (exact) mass is 161 g/mol. The summed E-state index contributed by atoms with van der Waals surface area (Å²) in [6, 6.07) is 0. The minimum absolute atomic E-state index is 0.277. The van der Waals surface area contributed by atoms with Gasteiger partial charge in [0.15, 0.2) is 0 Å². The van der Waals surface area contributed by atoms with Gasteiger partial charge in [0.2, 0.25) is 0 Å². The molecule has 0 aliphatic carbocycles. The van der Waals surface area contributed by atoms with Crippen molar-refractivity contribution in [2.45, 2.75) is 13.3 Å². The van der Waals surface area contributed by atoms with E-state index in [0.717, 1.165) is 0 Å². The van der Waals surface area contributed by atoms with Crippen LogP contribution in [0.15, 0.2) is 0 Å². The summed E-state index contributed by atoms with van der Waals surface area (Å²) in [5.41, 5.74) is 2.00. The predicted octanol–water partition coefficient (Wildman–Crippen LogP) is -0.383. The highest BCUT2D eigenvalue weighted by Gasteiger charge is 2.08. The molecule has 0 heterocycles. The van der Waals surface area contributed by atoms with E-state index in [9.17, 15) is 9.59 Å². The van der Waals surface area contributed by atoms with Crippen molar-refractivity contribution >= 4 is 11.9 Å². The van der Waals surface area contributed by atoms with Gasteiger partial charge in [0.05, 0.1) is 13.7 Å². The first-order chi connectivity index (χ1) is 5.20. The Bertz CT molecular complexity index is 130. The summed E-state index contributed by atoms with van der Waals surface area (Å²) in [4.78, 5) is 25.5. The van der Waals surface area contributed by atoms with Gasteiger partial charge in [0, 0.05) is 0 Å². The lowest BCUT2D eigenvalue weighted by molar-refractivity contribution is -0.148. The Hall–Kier alpha value is -1.10. The van der Waals surface area contributed by atoms with Crippen LogP contribution in [0.3, 0.4) is 0 Å². The summed E-state index contributed by atoms with van der Waals surface area (Å²) in [5.74, 6) is -1.06. The molecule has 1 N–H and O–H groups in total. The minimum atomic E-state index is -0.554. The van der Waals surface area contributed by atoms with Crippen LogP contribution in [0.4, 0.5) is 0 Å². The van der Waals surface area contributed by atoms with Crippen molar-refractivity contribution < 1.29 is 19.2 Å². The summed E-state index contributed by atoms with van der Waals surface area (Å²) in [6.07, 6.45) is -0.304. The zero-order valence-electron chi connectivity index (χ0n) is 6.55. The number of hydrogen-bond donors (Lipinski definition) is 1. The van der Waals surface area contributed by atoms with Crippen LogP contribution < -0.4 is 5.48 Å². The number of ether oxygens (including phenoxy) is 1. The number of nitrogens with one attached hydrogen (secondary N) is 1. The molecule has 64 valence electrons. The SMILES string of the molecule is CCOC(=O)CC(=O)NOC. The van der Waals surface area contributed by atoms with Gasteiger partial charge >= 0.3 is 5.97 Å². The normalized spacial score (nSPS) is 8.91. The van der Waals surface area contributed by atoms with Crippen LogP contribution in [0, 0.1) is 0 Å². The van der Waals surface area contributed by atoms with Gasteiger partial charge in [-0.15, -0.1) is 0 Å². The third-order valence-corrected chi connectivity index (χ3v) is 0.826. The van der Waals surface area contributed by atoms with Crippen molar-refractivity contribution in [2.24, 2.45) is 0 Å². The van der Waals surface area contributed by atoms with Gasteiger partial charge in [-0.1, -0.05) is 0 Å². The molecule has 0 radical (unpaired) electrons. The first-order valence-electron chi connectivity index (χ1n) is 3.18. The minimum Gasteiger partial charge on any atom is -0.466 e. The van der Waals surface area contributed by atoms with E-state index in [1.165, 1.54) is 7.11 Å². The van der Waals surface area contributed by atoms with E-state index in [2.05, 4.69) is 9.57 Å². The Kier molecular flexibility index (Phi) is 5.10. The van der Waals surface area contributed by atoms with Gasteiger partial charge < -0.3 is 4.74 Å². The van der Waals surface area contributed by atoms with E-state index < -0.39 is 11.9 Å². The smallest absolute Gasteiger partial charge is 0.315 e. The number of amides is 1. The van der Waals surface area contributed by atoms with E-state index in [-0.39, 0.29) is 13.0 Å². The van der Waals surface area contributed by atoms with Crippen molar-refractivity contribution in [3.8, 4) is 0 Å². The number of carbonyl (C=O) groups is 2. The number of carbonyl (C=O) groups excluding carboxylic acids is 2. The zero-order chi connectivity index (χ0) is 8.69. The van der Waals surface area contributed by atoms with Crippen molar-refractivity contribution in [1.29, 1.82) is 0 Å². The molecule has 11 heavy (non-hydrogen) atoms. The van der Waals surface area contributed by atoms with E-state index in [1.807, 2.05) is 5.48 Å². The fourth-order valence-electron chi connectivity index (χ4n) is 0.493. The third-order valence-electron chi connectivity index (χ3n) is 0.826. The molecule has 0 saturated heterocycles. The lowest BCUT2D eigenvalue weighted by Crippen LogP contribution is -2.25. The summed E-state index contributed by atoms with van der Waals surface area (Å²) in [6.45, 7) is 1.95. The molecule has 0 bridgehead atoms. The average Bonchev–Trinajstić information content (AvgIpc) is 1.87. The highest BCUT2D eigenvalue weighted by Crippen LogP contribution is 1.85. The van der Waals surface area contributed by atoms with Gasteiger partial charge in [-0.3, -0.25) is 14.4 Å². The lowest BCUT2D eigenvalue weighted by Gasteiger charge is -2.00. The lowest BCUT2D eigenvalue weighted by atomic mass is 10.4. The summed E-state index contributed by atoms with van der Waals surface area (Å²) >= 11 is 0. The van der Waals surface area contributed by atoms with E-state index in [4.69, 9.17) is 0 Å².